The quantitative estimate of drug-likeness (QED) is 0.265. The number of aliphatic hydroxyl groups excluding tert-OH is 1. The number of rotatable bonds is 12. The minimum atomic E-state index is -1.41. The second-order valence-corrected chi connectivity index (χ2v) is 8.32. The third-order valence-corrected chi connectivity index (χ3v) is 5.91. The molecule has 1 aromatic carbocycles. The number of fused-ring (bicyclic) bond motifs is 1. The van der Waals surface area contributed by atoms with Crippen LogP contribution in [0.2, 0.25) is 0 Å². The highest BCUT2D eigenvalue weighted by atomic mass is 16.5. The maximum Gasteiger partial charge on any atom is 0.257 e. The number of carbonyl (C=O) groups is 4. The molecule has 180 valence electrons. The molecule has 5 N–H and O–H groups in total. The van der Waals surface area contributed by atoms with E-state index >= 15 is 0 Å². The van der Waals surface area contributed by atoms with E-state index in [0.29, 0.717) is 6.54 Å². The van der Waals surface area contributed by atoms with Crippen LogP contribution in [0, 0.1) is 0 Å². The Morgan fingerprint density at radius 3 is 2.61 bits per heavy atom. The lowest BCUT2D eigenvalue weighted by Gasteiger charge is -2.32. The van der Waals surface area contributed by atoms with Crippen molar-refractivity contribution in [3.05, 3.63) is 29.3 Å². The fourth-order valence-corrected chi connectivity index (χ4v) is 4.17. The fraction of sp³-hybridized carbons (Fsp3) is 0.565. The van der Waals surface area contributed by atoms with Gasteiger partial charge in [-0.2, -0.15) is 0 Å². The Hall–Kier alpha value is -2.98. The van der Waals surface area contributed by atoms with Crippen LogP contribution in [0.15, 0.2) is 18.2 Å². The number of nitrogens with two attached hydrogens (primary N) is 1. The van der Waals surface area contributed by atoms with Gasteiger partial charge in [-0.15, -0.1) is 0 Å². The molecule has 33 heavy (non-hydrogen) atoms. The molecular weight excluding hydrogens is 428 g/mol. The molecule has 0 spiro atoms. The number of hydrogen-bond donors (Lipinski definition) is 4. The van der Waals surface area contributed by atoms with Gasteiger partial charge in [-0.25, -0.2) is 0 Å². The van der Waals surface area contributed by atoms with E-state index in [1.807, 2.05) is 0 Å². The molecule has 2 aliphatic heterocycles. The van der Waals surface area contributed by atoms with Crippen molar-refractivity contribution in [1.82, 2.24) is 15.5 Å². The number of nitrogens with zero attached hydrogens (tertiary/aromatic N) is 1. The highest BCUT2D eigenvalue weighted by molar-refractivity contribution is 6.06. The molecule has 4 amide bonds. The average Bonchev–Trinajstić information content (AvgIpc) is 3.05. The summed E-state index contributed by atoms with van der Waals surface area (Å²) in [6.07, 6.45) is 5.15. The van der Waals surface area contributed by atoms with E-state index in [2.05, 4.69) is 10.6 Å². The summed E-state index contributed by atoms with van der Waals surface area (Å²) in [5.74, 6) is -1.63. The first kappa shape index (κ1) is 24.7. The van der Waals surface area contributed by atoms with Gasteiger partial charge in [0.1, 0.15) is 11.8 Å². The lowest BCUT2D eigenvalue weighted by Crippen LogP contribution is -2.53. The molecular formula is C23H32N4O6. The van der Waals surface area contributed by atoms with Crippen LogP contribution in [-0.2, 0) is 14.4 Å². The molecule has 0 bridgehead atoms. The average molecular weight is 461 g/mol. The maximum absolute atomic E-state index is 12.9. The van der Waals surface area contributed by atoms with E-state index in [0.717, 1.165) is 50.0 Å². The summed E-state index contributed by atoms with van der Waals surface area (Å²) in [6.45, 7) is 1.02. The molecule has 1 aromatic rings. The largest absolute Gasteiger partial charge is 0.483 e. The number of carbonyl (C=O) groups excluding carboxylic acids is 4. The zero-order valence-corrected chi connectivity index (χ0v) is 18.7. The molecule has 0 aliphatic carbocycles. The normalized spacial score (nSPS) is 19.9. The van der Waals surface area contributed by atoms with Crippen molar-refractivity contribution >= 4 is 23.6 Å². The van der Waals surface area contributed by atoms with Gasteiger partial charge < -0.3 is 20.9 Å². The number of ether oxygens (including phenoxy) is 1. The van der Waals surface area contributed by atoms with Gasteiger partial charge in [0.2, 0.25) is 11.8 Å². The van der Waals surface area contributed by atoms with Gasteiger partial charge in [0, 0.05) is 13.0 Å². The minimum Gasteiger partial charge on any atom is -0.483 e. The molecule has 2 aliphatic rings. The first-order valence-electron chi connectivity index (χ1n) is 11.5. The Bertz CT molecular complexity index is 890. The van der Waals surface area contributed by atoms with Crippen molar-refractivity contribution in [1.29, 1.82) is 0 Å². The maximum atomic E-state index is 12.9. The van der Waals surface area contributed by atoms with E-state index in [1.165, 1.54) is 6.07 Å². The number of nitrogens with one attached hydrogen (secondary N) is 2. The van der Waals surface area contributed by atoms with Crippen LogP contribution in [0.5, 0.6) is 5.75 Å². The van der Waals surface area contributed by atoms with Crippen LogP contribution >= 0.6 is 0 Å². The molecule has 0 aromatic heterocycles. The number of unbranched alkanes of at least 4 members (excludes halogenated alkanes) is 5. The number of amides is 4. The SMILES string of the molecule is NCCCCCCCCNC(=O)COc1cccc2c1C(O)N(C1CCC(=O)NC1=O)C2=O. The van der Waals surface area contributed by atoms with E-state index < -0.39 is 30.0 Å². The van der Waals surface area contributed by atoms with Crippen molar-refractivity contribution in [2.24, 2.45) is 5.73 Å². The van der Waals surface area contributed by atoms with E-state index in [-0.39, 0.29) is 42.2 Å². The van der Waals surface area contributed by atoms with Crippen molar-refractivity contribution in [3.8, 4) is 5.75 Å². The third kappa shape index (κ3) is 6.08. The fourth-order valence-electron chi connectivity index (χ4n) is 4.17. The third-order valence-electron chi connectivity index (χ3n) is 5.91. The number of imide groups is 1. The van der Waals surface area contributed by atoms with Crippen molar-refractivity contribution in [2.45, 2.75) is 63.6 Å². The molecule has 2 atom stereocenters. The zero-order chi connectivity index (χ0) is 23.8. The van der Waals surface area contributed by atoms with Crippen LogP contribution in [0.1, 0.15) is 73.5 Å². The lowest BCUT2D eigenvalue weighted by atomic mass is 10.0. The summed E-state index contributed by atoms with van der Waals surface area (Å²) in [5.41, 5.74) is 5.90. The molecule has 3 rings (SSSR count). The molecule has 2 unspecified atom stereocenters. The minimum absolute atomic E-state index is 0.0838. The lowest BCUT2D eigenvalue weighted by molar-refractivity contribution is -0.139. The van der Waals surface area contributed by atoms with Gasteiger partial charge in [-0.3, -0.25) is 29.4 Å². The Morgan fingerprint density at radius 2 is 1.88 bits per heavy atom. The predicted molar refractivity (Wildman–Crippen MR) is 119 cm³/mol. The standard InChI is InChI=1S/C23H32N4O6/c24-12-5-3-1-2-4-6-13-25-19(29)14-33-17-9-7-8-15-20(17)23(32)27(22(15)31)16-10-11-18(28)26-21(16)30/h7-9,16,23,32H,1-6,10-14,24H2,(H,25,29)(H,26,28,30). The van der Waals surface area contributed by atoms with E-state index in [4.69, 9.17) is 10.5 Å². The summed E-state index contributed by atoms with van der Waals surface area (Å²) in [4.78, 5) is 49.7. The highest BCUT2D eigenvalue weighted by Gasteiger charge is 2.45. The van der Waals surface area contributed by atoms with Gasteiger partial charge >= 0.3 is 0 Å². The van der Waals surface area contributed by atoms with Crippen LogP contribution in [0.3, 0.4) is 0 Å². The number of benzene rings is 1. The van der Waals surface area contributed by atoms with Crippen LogP contribution in [0.25, 0.3) is 0 Å². The molecule has 10 nitrogen and oxygen atoms in total. The van der Waals surface area contributed by atoms with E-state index in [9.17, 15) is 24.3 Å². The molecule has 2 heterocycles. The Morgan fingerprint density at radius 1 is 1.15 bits per heavy atom. The monoisotopic (exact) mass is 460 g/mol. The summed E-state index contributed by atoms with van der Waals surface area (Å²) in [7, 11) is 0. The van der Waals surface area contributed by atoms with Gasteiger partial charge in [0.25, 0.3) is 11.8 Å². The van der Waals surface area contributed by atoms with Crippen molar-refractivity contribution in [2.75, 3.05) is 19.7 Å². The Balaban J connectivity index is 1.51. The molecule has 1 saturated heterocycles. The number of aliphatic hydroxyl groups is 1. The topological polar surface area (TPSA) is 151 Å². The summed E-state index contributed by atoms with van der Waals surface area (Å²) < 4.78 is 5.61. The van der Waals surface area contributed by atoms with Crippen molar-refractivity contribution in [3.63, 3.8) is 0 Å². The first-order chi connectivity index (χ1) is 15.9. The zero-order valence-electron chi connectivity index (χ0n) is 18.7. The Labute approximate surface area is 192 Å². The summed E-state index contributed by atoms with van der Waals surface area (Å²) in [5, 5.41) is 15.8. The predicted octanol–water partition coefficient (Wildman–Crippen LogP) is 0.733. The molecule has 0 saturated carbocycles. The molecule has 10 heteroatoms. The first-order valence-corrected chi connectivity index (χ1v) is 11.5. The van der Waals surface area contributed by atoms with E-state index in [1.54, 1.807) is 12.1 Å². The second kappa shape index (κ2) is 11.8. The van der Waals surface area contributed by atoms with Crippen LogP contribution < -0.4 is 21.1 Å². The van der Waals surface area contributed by atoms with Crippen LogP contribution in [0.4, 0.5) is 0 Å². The highest BCUT2D eigenvalue weighted by Crippen LogP contribution is 2.40. The van der Waals surface area contributed by atoms with Gasteiger partial charge in [-0.05, 0) is 37.9 Å². The molecule has 0 radical (unpaired) electrons. The summed E-state index contributed by atoms with van der Waals surface area (Å²) >= 11 is 0. The number of piperidine rings is 1. The van der Waals surface area contributed by atoms with Crippen LogP contribution in [-0.4, -0.2) is 59.4 Å². The van der Waals surface area contributed by atoms with Crippen molar-refractivity contribution < 1.29 is 29.0 Å². The van der Waals surface area contributed by atoms with Gasteiger partial charge in [0.15, 0.2) is 12.8 Å². The smallest absolute Gasteiger partial charge is 0.257 e. The second-order valence-electron chi connectivity index (χ2n) is 8.32. The summed E-state index contributed by atoms with van der Waals surface area (Å²) in [6, 6.07) is 3.74. The molecule has 1 fully saturated rings. The Kier molecular flexibility index (Phi) is 8.79. The number of hydrogen-bond acceptors (Lipinski definition) is 7. The van der Waals surface area contributed by atoms with Gasteiger partial charge in [-0.1, -0.05) is 31.7 Å². The van der Waals surface area contributed by atoms with Gasteiger partial charge in [0.05, 0.1) is 11.1 Å².